The maximum Gasteiger partial charge on any atom is 0.328 e. The van der Waals surface area contributed by atoms with Crippen molar-refractivity contribution in [3.63, 3.8) is 0 Å². The van der Waals surface area contributed by atoms with E-state index in [0.29, 0.717) is 32.4 Å². The van der Waals surface area contributed by atoms with Crippen LogP contribution in [0.5, 0.6) is 0 Å². The van der Waals surface area contributed by atoms with E-state index in [1.54, 1.807) is 9.47 Å². The average molecular weight is 312 g/mol. The molecule has 116 valence electrons. The molecule has 0 N–H and O–H groups in total. The number of amides is 1. The van der Waals surface area contributed by atoms with Gasteiger partial charge in [-0.3, -0.25) is 9.59 Å². The topological polar surface area (TPSA) is 68.6 Å². The Balaban J connectivity index is 1.87. The molecule has 1 atom stereocenters. The molecule has 0 bridgehead atoms. The Bertz CT molecular complexity index is 578. The monoisotopic (exact) mass is 312 g/mol. The van der Waals surface area contributed by atoms with Gasteiger partial charge in [-0.2, -0.15) is 0 Å². The highest BCUT2D eigenvalue weighted by molar-refractivity contribution is 7.07. The highest BCUT2D eigenvalue weighted by Gasteiger charge is 2.34. The molecule has 2 rings (SSSR count). The first kappa shape index (κ1) is 15.8. The lowest BCUT2D eigenvalue weighted by Crippen LogP contribution is -2.41. The number of methoxy groups -OCH3 is 1. The first-order valence-corrected chi connectivity index (χ1v) is 7.94. The molecule has 6 nitrogen and oxygen atoms in total. The molecule has 1 aromatic heterocycles. The van der Waals surface area contributed by atoms with Crippen LogP contribution in [0.4, 0.5) is 0 Å². The number of esters is 1. The Hall–Kier alpha value is -1.63. The molecule has 1 aliphatic heterocycles. The second kappa shape index (κ2) is 6.89. The van der Waals surface area contributed by atoms with Crippen molar-refractivity contribution in [1.82, 2.24) is 9.47 Å². The summed E-state index contributed by atoms with van der Waals surface area (Å²) in [7, 11) is 1.34. The van der Waals surface area contributed by atoms with Crippen LogP contribution in [-0.4, -0.2) is 41.0 Å². The summed E-state index contributed by atoms with van der Waals surface area (Å²) >= 11 is 1.17. The summed E-state index contributed by atoms with van der Waals surface area (Å²) in [5.41, 5.74) is 0.922. The van der Waals surface area contributed by atoms with E-state index in [-0.39, 0.29) is 16.7 Å². The number of thiazole rings is 1. The first-order valence-electron chi connectivity index (χ1n) is 7.07. The van der Waals surface area contributed by atoms with E-state index < -0.39 is 6.04 Å². The standard InChI is InChI=1S/C14H20N2O4S/c1-10-9-21-14(19)15(10)7-4-6-12(17)16-8-3-5-11(16)13(18)20-2/h9,11H,3-8H2,1-2H3. The van der Waals surface area contributed by atoms with Gasteiger partial charge >= 0.3 is 10.8 Å². The van der Waals surface area contributed by atoms with Crippen LogP contribution in [0.2, 0.25) is 0 Å². The Morgan fingerprint density at radius 1 is 1.48 bits per heavy atom. The van der Waals surface area contributed by atoms with E-state index in [0.717, 1.165) is 12.1 Å². The van der Waals surface area contributed by atoms with Crippen LogP contribution in [0.25, 0.3) is 0 Å². The molecule has 1 aliphatic rings. The maximum absolute atomic E-state index is 12.2. The van der Waals surface area contributed by atoms with Crippen LogP contribution in [-0.2, 0) is 20.9 Å². The van der Waals surface area contributed by atoms with Crippen molar-refractivity contribution in [2.75, 3.05) is 13.7 Å². The summed E-state index contributed by atoms with van der Waals surface area (Å²) in [4.78, 5) is 37.0. The summed E-state index contributed by atoms with van der Waals surface area (Å²) in [6.07, 6.45) is 2.44. The van der Waals surface area contributed by atoms with Crippen molar-refractivity contribution in [2.45, 2.75) is 45.2 Å². The molecular weight excluding hydrogens is 292 g/mol. The summed E-state index contributed by atoms with van der Waals surface area (Å²) < 4.78 is 6.41. The zero-order valence-corrected chi connectivity index (χ0v) is 13.1. The maximum atomic E-state index is 12.2. The normalized spacial score (nSPS) is 18.0. The van der Waals surface area contributed by atoms with E-state index >= 15 is 0 Å². The lowest BCUT2D eigenvalue weighted by atomic mass is 10.2. The summed E-state index contributed by atoms with van der Waals surface area (Å²) in [6, 6.07) is -0.437. The minimum absolute atomic E-state index is 0.00792. The molecular formula is C14H20N2O4S. The second-order valence-electron chi connectivity index (χ2n) is 5.17. The molecule has 1 amide bonds. The predicted octanol–water partition coefficient (Wildman–Crippen LogP) is 1.16. The van der Waals surface area contributed by atoms with Gasteiger partial charge in [-0.15, -0.1) is 0 Å². The molecule has 21 heavy (non-hydrogen) atoms. The quantitative estimate of drug-likeness (QED) is 0.765. The molecule has 0 spiro atoms. The Morgan fingerprint density at radius 2 is 2.24 bits per heavy atom. The highest BCUT2D eigenvalue weighted by Crippen LogP contribution is 2.20. The minimum atomic E-state index is -0.437. The Morgan fingerprint density at radius 3 is 2.86 bits per heavy atom. The van der Waals surface area contributed by atoms with Crippen molar-refractivity contribution < 1.29 is 14.3 Å². The highest BCUT2D eigenvalue weighted by atomic mass is 32.1. The molecule has 1 unspecified atom stereocenters. The molecule has 0 saturated carbocycles. The van der Waals surface area contributed by atoms with Crippen molar-refractivity contribution in [3.8, 4) is 0 Å². The lowest BCUT2D eigenvalue weighted by Gasteiger charge is -2.22. The van der Waals surface area contributed by atoms with Crippen molar-refractivity contribution >= 4 is 23.2 Å². The number of ether oxygens (including phenoxy) is 1. The molecule has 0 aliphatic carbocycles. The van der Waals surface area contributed by atoms with Crippen molar-refractivity contribution in [1.29, 1.82) is 0 Å². The van der Waals surface area contributed by atoms with Gasteiger partial charge in [0, 0.05) is 30.6 Å². The van der Waals surface area contributed by atoms with Crippen molar-refractivity contribution in [2.24, 2.45) is 0 Å². The van der Waals surface area contributed by atoms with Crippen LogP contribution in [0.15, 0.2) is 10.2 Å². The van der Waals surface area contributed by atoms with E-state index in [1.165, 1.54) is 18.4 Å². The largest absolute Gasteiger partial charge is 0.467 e. The van der Waals surface area contributed by atoms with E-state index in [1.807, 2.05) is 12.3 Å². The third-order valence-electron chi connectivity index (χ3n) is 3.80. The van der Waals surface area contributed by atoms with Gasteiger partial charge in [0.1, 0.15) is 6.04 Å². The molecule has 7 heteroatoms. The zero-order chi connectivity index (χ0) is 15.4. The van der Waals surface area contributed by atoms with Crippen LogP contribution in [0.1, 0.15) is 31.4 Å². The molecule has 1 aromatic rings. The number of aromatic nitrogens is 1. The number of aryl methyl sites for hydroxylation is 1. The van der Waals surface area contributed by atoms with E-state index in [4.69, 9.17) is 4.74 Å². The third kappa shape index (κ3) is 3.53. The van der Waals surface area contributed by atoms with Gasteiger partial charge in [-0.25, -0.2) is 4.79 Å². The van der Waals surface area contributed by atoms with E-state index in [9.17, 15) is 14.4 Å². The Labute approximate surface area is 127 Å². The van der Waals surface area contributed by atoms with Crippen molar-refractivity contribution in [3.05, 3.63) is 20.7 Å². The number of rotatable bonds is 5. The number of likely N-dealkylation sites (tertiary alicyclic amines) is 1. The van der Waals surface area contributed by atoms with Gasteiger partial charge in [0.2, 0.25) is 5.91 Å². The van der Waals surface area contributed by atoms with Crippen LogP contribution < -0.4 is 4.87 Å². The molecule has 1 saturated heterocycles. The van der Waals surface area contributed by atoms with Gasteiger partial charge in [0.05, 0.1) is 7.11 Å². The number of hydrogen-bond acceptors (Lipinski definition) is 5. The molecule has 1 fully saturated rings. The van der Waals surface area contributed by atoms with Crippen LogP contribution in [0.3, 0.4) is 0 Å². The second-order valence-corrected chi connectivity index (χ2v) is 5.99. The van der Waals surface area contributed by atoms with Gasteiger partial charge in [0.25, 0.3) is 0 Å². The van der Waals surface area contributed by atoms with Crippen LogP contribution in [0, 0.1) is 6.92 Å². The number of nitrogens with zero attached hydrogens (tertiary/aromatic N) is 2. The smallest absolute Gasteiger partial charge is 0.328 e. The molecule has 0 radical (unpaired) electrons. The SMILES string of the molecule is COC(=O)C1CCCN1C(=O)CCCn1c(C)csc1=O. The molecule has 0 aromatic carbocycles. The van der Waals surface area contributed by atoms with E-state index in [2.05, 4.69) is 0 Å². The summed E-state index contributed by atoms with van der Waals surface area (Å²) in [6.45, 7) is 3.03. The number of hydrogen-bond donors (Lipinski definition) is 0. The lowest BCUT2D eigenvalue weighted by molar-refractivity contribution is -0.151. The Kier molecular flexibility index (Phi) is 5.17. The average Bonchev–Trinajstić information content (AvgIpc) is 3.07. The predicted molar refractivity (Wildman–Crippen MR) is 79.3 cm³/mol. The fraction of sp³-hybridized carbons (Fsp3) is 0.643. The fourth-order valence-corrected chi connectivity index (χ4v) is 3.41. The van der Waals surface area contributed by atoms with Gasteiger partial charge in [-0.1, -0.05) is 11.3 Å². The van der Waals surface area contributed by atoms with Gasteiger partial charge in [-0.05, 0) is 26.2 Å². The zero-order valence-electron chi connectivity index (χ0n) is 12.3. The van der Waals surface area contributed by atoms with Gasteiger partial charge < -0.3 is 14.2 Å². The van der Waals surface area contributed by atoms with Gasteiger partial charge in [0.15, 0.2) is 0 Å². The third-order valence-corrected chi connectivity index (χ3v) is 4.68. The molecule has 2 heterocycles. The first-order chi connectivity index (χ1) is 10.0. The summed E-state index contributed by atoms with van der Waals surface area (Å²) in [5, 5.41) is 1.82. The van der Waals surface area contributed by atoms with Crippen LogP contribution >= 0.6 is 11.3 Å². The summed E-state index contributed by atoms with van der Waals surface area (Å²) in [5.74, 6) is -0.380. The minimum Gasteiger partial charge on any atom is -0.467 e. The number of carbonyl (C=O) groups excluding carboxylic acids is 2. The number of carbonyl (C=O) groups is 2. The fourth-order valence-electron chi connectivity index (χ4n) is 2.65.